The number of aromatic nitrogens is 4. The zero-order chi connectivity index (χ0) is 27.5. The number of carboxylic acids is 2. The predicted molar refractivity (Wildman–Crippen MR) is 138 cm³/mol. The lowest BCUT2D eigenvalue weighted by atomic mass is 10.1. The molecule has 13 nitrogen and oxygen atoms in total. The number of nitrogens with two attached hydrogens (primary N) is 1. The highest BCUT2D eigenvalue weighted by atomic mass is 16.4. The molecule has 0 saturated carbocycles. The molecule has 7 N–H and O–H groups in total. The number of H-pyrrole nitrogens is 1. The van der Waals surface area contributed by atoms with Crippen LogP contribution in [-0.2, 0) is 16.1 Å². The van der Waals surface area contributed by atoms with Crippen LogP contribution in [0.4, 0.5) is 11.6 Å². The summed E-state index contributed by atoms with van der Waals surface area (Å²) in [6, 6.07) is 16.9. The number of benzene rings is 2. The first kappa shape index (κ1) is 27.3. The van der Waals surface area contributed by atoms with Crippen molar-refractivity contribution in [3.8, 4) is 0 Å². The number of hydrogen-bond donors (Lipinski definition) is 6. The fourth-order valence-corrected chi connectivity index (χ4v) is 3.14. The second kappa shape index (κ2) is 13.1. The van der Waals surface area contributed by atoms with Crippen LogP contribution in [0.3, 0.4) is 0 Å². The van der Waals surface area contributed by atoms with Gasteiger partial charge in [0.1, 0.15) is 6.04 Å². The van der Waals surface area contributed by atoms with E-state index < -0.39 is 29.4 Å². The Hall–Kier alpha value is -5.33. The van der Waals surface area contributed by atoms with E-state index in [2.05, 4.69) is 30.6 Å². The van der Waals surface area contributed by atoms with E-state index in [1.807, 2.05) is 36.4 Å². The highest BCUT2D eigenvalue weighted by Crippen LogP contribution is 2.12. The molecule has 0 bridgehead atoms. The molecule has 0 aliphatic rings. The molecule has 2 aromatic heterocycles. The van der Waals surface area contributed by atoms with Gasteiger partial charge in [-0.3, -0.25) is 19.4 Å². The zero-order valence-electron chi connectivity index (χ0n) is 20.0. The number of nitrogens with zero attached hydrogens (tertiary/aromatic N) is 3. The zero-order valence-corrected chi connectivity index (χ0v) is 20.0. The lowest BCUT2D eigenvalue weighted by Gasteiger charge is -2.14. The highest BCUT2D eigenvalue weighted by Gasteiger charge is 2.21. The Kier molecular flexibility index (Phi) is 9.40. The standard InChI is InChI=1S/C19H19N7O6.C6H6/c20-19-25-15-14(17(30)26-19)23-11(8-22-15)7-21-10-3-1-9(2-4-10)16(29)24-12(18(31)32)5-6-13(27)28;1-2-4-6-5-3-1/h1-4,8,12,21H,5-7H2,(H,24,29)(H,27,28)(H,31,32)(H3,20,22,25,26,30);1-6H. The van der Waals surface area contributed by atoms with Crippen LogP contribution in [0.2, 0.25) is 0 Å². The Labute approximate surface area is 215 Å². The maximum atomic E-state index is 12.3. The van der Waals surface area contributed by atoms with Crippen molar-refractivity contribution in [3.63, 3.8) is 0 Å². The molecule has 2 aromatic carbocycles. The lowest BCUT2D eigenvalue weighted by molar-refractivity contribution is -0.140. The van der Waals surface area contributed by atoms with Crippen molar-refractivity contribution < 1.29 is 24.6 Å². The summed E-state index contributed by atoms with van der Waals surface area (Å²) in [7, 11) is 0. The Balaban J connectivity index is 0.000000585. The van der Waals surface area contributed by atoms with Crippen LogP contribution in [0.1, 0.15) is 28.9 Å². The molecule has 196 valence electrons. The first-order valence-electron chi connectivity index (χ1n) is 11.3. The SMILES string of the molecule is Nc1nc2ncc(CNc3ccc(C(=O)NC(CCC(=O)O)C(=O)O)cc3)nc2c(=O)[nH]1.c1ccccc1. The third-order valence-corrected chi connectivity index (χ3v) is 5.02. The van der Waals surface area contributed by atoms with Gasteiger partial charge in [0, 0.05) is 17.7 Å². The van der Waals surface area contributed by atoms with Gasteiger partial charge in [-0.05, 0) is 30.7 Å². The van der Waals surface area contributed by atoms with Crippen LogP contribution in [0, 0.1) is 0 Å². The Morgan fingerprint density at radius 1 is 0.974 bits per heavy atom. The topological polar surface area (TPSA) is 213 Å². The molecule has 1 atom stereocenters. The summed E-state index contributed by atoms with van der Waals surface area (Å²) in [6.07, 6.45) is 0.840. The molecule has 0 saturated heterocycles. The number of carboxylic acid groups (broad SMARTS) is 2. The number of aromatic amines is 1. The van der Waals surface area contributed by atoms with Gasteiger partial charge in [0.25, 0.3) is 11.5 Å². The van der Waals surface area contributed by atoms with Crippen LogP contribution in [0.15, 0.2) is 71.7 Å². The smallest absolute Gasteiger partial charge is 0.326 e. The van der Waals surface area contributed by atoms with E-state index in [1.165, 1.54) is 18.3 Å². The first-order valence-corrected chi connectivity index (χ1v) is 11.3. The summed E-state index contributed by atoms with van der Waals surface area (Å²) in [4.78, 5) is 60.6. The van der Waals surface area contributed by atoms with Gasteiger partial charge in [0.15, 0.2) is 11.2 Å². The van der Waals surface area contributed by atoms with Crippen LogP contribution in [-0.4, -0.2) is 54.0 Å². The first-order chi connectivity index (χ1) is 18.2. The van der Waals surface area contributed by atoms with Crippen molar-refractivity contribution in [2.75, 3.05) is 11.1 Å². The number of rotatable bonds is 9. The summed E-state index contributed by atoms with van der Waals surface area (Å²) in [6.45, 7) is 0.231. The maximum Gasteiger partial charge on any atom is 0.326 e. The van der Waals surface area contributed by atoms with E-state index in [4.69, 9.17) is 15.9 Å². The average Bonchev–Trinajstić information content (AvgIpc) is 2.91. The summed E-state index contributed by atoms with van der Waals surface area (Å²) in [5, 5.41) is 23.2. The second-order valence-electron chi connectivity index (χ2n) is 7.87. The van der Waals surface area contributed by atoms with Gasteiger partial charge < -0.3 is 26.6 Å². The highest BCUT2D eigenvalue weighted by molar-refractivity contribution is 5.96. The predicted octanol–water partition coefficient (Wildman–Crippen LogP) is 1.64. The van der Waals surface area contributed by atoms with Crippen molar-refractivity contribution in [1.29, 1.82) is 0 Å². The molecule has 4 rings (SSSR count). The Morgan fingerprint density at radius 3 is 2.18 bits per heavy atom. The van der Waals surface area contributed by atoms with E-state index in [1.54, 1.807) is 12.1 Å². The number of hydrogen-bond acceptors (Lipinski definition) is 9. The quantitative estimate of drug-likeness (QED) is 0.187. The van der Waals surface area contributed by atoms with Crippen LogP contribution < -0.4 is 21.9 Å². The molecule has 0 spiro atoms. The van der Waals surface area contributed by atoms with Gasteiger partial charge in [-0.1, -0.05) is 36.4 Å². The number of carbonyl (C=O) groups is 3. The Morgan fingerprint density at radius 2 is 1.61 bits per heavy atom. The number of nitrogen functional groups attached to an aromatic ring is 1. The van der Waals surface area contributed by atoms with Gasteiger partial charge in [-0.15, -0.1) is 0 Å². The molecule has 0 fully saturated rings. The minimum atomic E-state index is -1.31. The van der Waals surface area contributed by atoms with Gasteiger partial charge in [-0.2, -0.15) is 4.98 Å². The van der Waals surface area contributed by atoms with Crippen molar-refractivity contribution in [1.82, 2.24) is 25.3 Å². The maximum absolute atomic E-state index is 12.3. The molecular formula is C25H25N7O6. The van der Waals surface area contributed by atoms with Crippen molar-refractivity contribution in [2.45, 2.75) is 25.4 Å². The van der Waals surface area contributed by atoms with E-state index in [-0.39, 0.29) is 42.1 Å². The molecule has 38 heavy (non-hydrogen) atoms. The second-order valence-corrected chi connectivity index (χ2v) is 7.87. The van der Waals surface area contributed by atoms with E-state index >= 15 is 0 Å². The summed E-state index contributed by atoms with van der Waals surface area (Å²) in [5.41, 5.74) is 6.47. The number of carbonyl (C=O) groups excluding carboxylic acids is 1. The molecule has 1 amide bonds. The molecule has 4 aromatic rings. The minimum Gasteiger partial charge on any atom is -0.481 e. The van der Waals surface area contributed by atoms with Crippen molar-refractivity contribution in [3.05, 3.63) is 88.5 Å². The molecule has 2 heterocycles. The van der Waals surface area contributed by atoms with Gasteiger partial charge >= 0.3 is 11.9 Å². The van der Waals surface area contributed by atoms with Gasteiger partial charge in [0.2, 0.25) is 5.95 Å². The normalized spacial score (nSPS) is 11.1. The fraction of sp³-hybridized carbons (Fsp3) is 0.160. The number of fused-ring (bicyclic) bond motifs is 1. The summed E-state index contributed by atoms with van der Waals surface area (Å²) in [5.74, 6) is -3.16. The molecule has 0 aliphatic heterocycles. The molecule has 0 radical (unpaired) electrons. The number of aliphatic carboxylic acids is 2. The van der Waals surface area contributed by atoms with Gasteiger partial charge in [-0.25, -0.2) is 14.8 Å². The van der Waals surface area contributed by atoms with Crippen molar-refractivity contribution >= 4 is 40.6 Å². The number of anilines is 2. The summed E-state index contributed by atoms with van der Waals surface area (Å²) < 4.78 is 0. The Bertz CT molecular complexity index is 1430. The largest absolute Gasteiger partial charge is 0.481 e. The summed E-state index contributed by atoms with van der Waals surface area (Å²) >= 11 is 0. The minimum absolute atomic E-state index is 0.0524. The van der Waals surface area contributed by atoms with Crippen LogP contribution in [0.5, 0.6) is 0 Å². The average molecular weight is 520 g/mol. The van der Waals surface area contributed by atoms with Gasteiger partial charge in [0.05, 0.1) is 18.4 Å². The fourth-order valence-electron chi connectivity index (χ4n) is 3.14. The molecular weight excluding hydrogens is 494 g/mol. The van der Waals surface area contributed by atoms with E-state index in [0.29, 0.717) is 11.4 Å². The third-order valence-electron chi connectivity index (χ3n) is 5.02. The molecule has 0 aliphatic carbocycles. The number of nitrogens with one attached hydrogen (secondary N) is 3. The van der Waals surface area contributed by atoms with E-state index in [9.17, 15) is 19.2 Å². The third kappa shape index (κ3) is 8.12. The molecule has 13 heteroatoms. The van der Waals surface area contributed by atoms with Crippen molar-refractivity contribution in [2.24, 2.45) is 0 Å². The van der Waals surface area contributed by atoms with E-state index in [0.717, 1.165) is 0 Å². The van der Waals surface area contributed by atoms with Crippen LogP contribution >= 0.6 is 0 Å². The van der Waals surface area contributed by atoms with Crippen LogP contribution in [0.25, 0.3) is 11.2 Å². The monoisotopic (exact) mass is 519 g/mol. The molecule has 1 unspecified atom stereocenters. The lowest BCUT2D eigenvalue weighted by Crippen LogP contribution is -2.41. The number of amides is 1.